The Morgan fingerprint density at radius 1 is 1.41 bits per heavy atom. The van der Waals surface area contributed by atoms with Crippen LogP contribution < -0.4 is 5.32 Å². The lowest BCUT2D eigenvalue weighted by molar-refractivity contribution is 0.133. The number of nitrogens with one attached hydrogen (secondary N) is 1. The summed E-state index contributed by atoms with van der Waals surface area (Å²) < 4.78 is 1.69. The van der Waals surface area contributed by atoms with Gasteiger partial charge < -0.3 is 10.4 Å². The summed E-state index contributed by atoms with van der Waals surface area (Å²) in [4.78, 5) is 8.36. The molecule has 2 aromatic rings. The average molecular weight is 235 g/mol. The Morgan fingerprint density at radius 2 is 2.12 bits per heavy atom. The number of hydrogen-bond donors (Lipinski definition) is 2. The molecule has 2 aromatic heterocycles. The van der Waals surface area contributed by atoms with Gasteiger partial charge in [-0.25, -0.2) is 9.97 Å². The van der Waals surface area contributed by atoms with Crippen LogP contribution >= 0.6 is 0 Å². The Morgan fingerprint density at radius 3 is 2.76 bits per heavy atom. The number of aromatic nitrogens is 4. The molecule has 1 unspecified atom stereocenters. The summed E-state index contributed by atoms with van der Waals surface area (Å²) in [5, 5.41) is 17.9. The lowest BCUT2D eigenvalue weighted by Gasteiger charge is -2.30. The zero-order valence-corrected chi connectivity index (χ0v) is 10.5. The van der Waals surface area contributed by atoms with Crippen molar-refractivity contribution in [1.82, 2.24) is 19.7 Å². The molecule has 0 aliphatic carbocycles. The number of fused-ring (bicyclic) bond motifs is 1. The van der Waals surface area contributed by atoms with Crippen molar-refractivity contribution in [3.63, 3.8) is 0 Å². The number of aryl methyl sites for hydroxylation is 1. The van der Waals surface area contributed by atoms with Crippen LogP contribution in [0, 0.1) is 0 Å². The maximum absolute atomic E-state index is 9.69. The largest absolute Gasteiger partial charge is 0.391 e. The van der Waals surface area contributed by atoms with E-state index in [2.05, 4.69) is 20.4 Å². The fraction of sp³-hybridized carbons (Fsp3) is 0.545. The molecule has 0 fully saturated rings. The van der Waals surface area contributed by atoms with Crippen molar-refractivity contribution in [2.75, 3.05) is 5.32 Å². The van der Waals surface area contributed by atoms with Crippen molar-refractivity contribution in [1.29, 1.82) is 0 Å². The van der Waals surface area contributed by atoms with Crippen LogP contribution in [0.5, 0.6) is 0 Å². The van der Waals surface area contributed by atoms with Gasteiger partial charge in [0.2, 0.25) is 0 Å². The van der Waals surface area contributed by atoms with E-state index in [1.165, 1.54) is 6.33 Å². The molecule has 6 heteroatoms. The van der Waals surface area contributed by atoms with Gasteiger partial charge >= 0.3 is 0 Å². The van der Waals surface area contributed by atoms with Gasteiger partial charge in [0.25, 0.3) is 0 Å². The number of hydrogen-bond acceptors (Lipinski definition) is 5. The minimum Gasteiger partial charge on any atom is -0.391 e. The van der Waals surface area contributed by atoms with Gasteiger partial charge in [0, 0.05) is 7.05 Å². The van der Waals surface area contributed by atoms with Crippen LogP contribution in [0.3, 0.4) is 0 Å². The van der Waals surface area contributed by atoms with Crippen LogP contribution in [0.15, 0.2) is 12.5 Å². The smallest absolute Gasteiger partial charge is 0.163 e. The first-order valence-electron chi connectivity index (χ1n) is 5.51. The van der Waals surface area contributed by atoms with Crippen LogP contribution in [0.1, 0.15) is 20.8 Å². The van der Waals surface area contributed by atoms with Crippen LogP contribution in [-0.2, 0) is 7.05 Å². The van der Waals surface area contributed by atoms with Gasteiger partial charge in [-0.2, -0.15) is 5.10 Å². The van der Waals surface area contributed by atoms with Crippen molar-refractivity contribution in [3.8, 4) is 0 Å². The van der Waals surface area contributed by atoms with Crippen molar-refractivity contribution in [2.45, 2.75) is 32.4 Å². The maximum atomic E-state index is 9.69. The summed E-state index contributed by atoms with van der Waals surface area (Å²) in [7, 11) is 1.83. The molecule has 0 saturated carbocycles. The quantitative estimate of drug-likeness (QED) is 0.828. The third kappa shape index (κ3) is 2.08. The highest BCUT2D eigenvalue weighted by Gasteiger charge is 2.25. The van der Waals surface area contributed by atoms with E-state index < -0.39 is 11.6 Å². The van der Waals surface area contributed by atoms with E-state index in [9.17, 15) is 5.11 Å². The van der Waals surface area contributed by atoms with Gasteiger partial charge in [-0.15, -0.1) is 0 Å². The first-order valence-corrected chi connectivity index (χ1v) is 5.51. The van der Waals surface area contributed by atoms with E-state index in [4.69, 9.17) is 0 Å². The molecule has 6 nitrogen and oxygen atoms in total. The summed E-state index contributed by atoms with van der Waals surface area (Å²) in [5.41, 5.74) is 0.306. The predicted molar refractivity (Wildman–Crippen MR) is 65.7 cm³/mol. The number of anilines is 1. The Bertz CT molecular complexity index is 532. The van der Waals surface area contributed by atoms with Crippen molar-refractivity contribution < 1.29 is 5.11 Å². The van der Waals surface area contributed by atoms with Crippen LogP contribution in [0.4, 0.5) is 5.82 Å². The topological polar surface area (TPSA) is 75.9 Å². The van der Waals surface area contributed by atoms with E-state index >= 15 is 0 Å². The second-order valence-corrected chi connectivity index (χ2v) is 4.75. The molecule has 0 radical (unpaired) electrons. The second kappa shape index (κ2) is 3.96. The lowest BCUT2D eigenvalue weighted by atomic mass is 9.99. The fourth-order valence-electron chi connectivity index (χ4n) is 1.47. The van der Waals surface area contributed by atoms with Gasteiger partial charge in [0.1, 0.15) is 12.1 Å². The molecule has 2 rings (SSSR count). The zero-order valence-electron chi connectivity index (χ0n) is 10.5. The third-order valence-corrected chi connectivity index (χ3v) is 3.01. The van der Waals surface area contributed by atoms with Crippen LogP contribution in [0.2, 0.25) is 0 Å². The normalized spacial score (nSPS) is 13.9. The molecule has 0 amide bonds. The monoisotopic (exact) mass is 235 g/mol. The molecule has 2 heterocycles. The molecular formula is C11H17N5O. The molecule has 0 bridgehead atoms. The highest BCUT2D eigenvalue weighted by Crippen LogP contribution is 2.22. The number of aliphatic hydroxyl groups excluding tert-OH is 1. The number of nitrogens with zero attached hydrogens (tertiary/aromatic N) is 4. The Labute approximate surface area is 99.7 Å². The van der Waals surface area contributed by atoms with E-state index in [1.54, 1.807) is 17.8 Å². The molecule has 1 atom stereocenters. The van der Waals surface area contributed by atoms with E-state index in [-0.39, 0.29) is 0 Å². The van der Waals surface area contributed by atoms with Crippen molar-refractivity contribution in [2.24, 2.45) is 7.05 Å². The van der Waals surface area contributed by atoms with E-state index in [0.717, 1.165) is 11.0 Å². The Hall–Kier alpha value is -1.69. The van der Waals surface area contributed by atoms with Crippen molar-refractivity contribution >= 4 is 16.9 Å². The zero-order chi connectivity index (χ0) is 12.6. The fourth-order valence-corrected chi connectivity index (χ4v) is 1.47. The minimum atomic E-state index is -0.496. The molecule has 92 valence electrons. The van der Waals surface area contributed by atoms with Gasteiger partial charge in [-0.3, -0.25) is 4.68 Å². The van der Waals surface area contributed by atoms with Crippen molar-refractivity contribution in [3.05, 3.63) is 12.5 Å². The van der Waals surface area contributed by atoms with Gasteiger partial charge in [0.05, 0.1) is 23.2 Å². The summed E-state index contributed by atoms with van der Waals surface area (Å²) in [6.07, 6.45) is 2.71. The first kappa shape index (κ1) is 11.8. The Balaban J connectivity index is 2.43. The van der Waals surface area contributed by atoms with Gasteiger partial charge in [-0.1, -0.05) is 0 Å². The molecule has 0 aliphatic heterocycles. The third-order valence-electron chi connectivity index (χ3n) is 3.01. The minimum absolute atomic E-state index is 0.461. The maximum Gasteiger partial charge on any atom is 0.163 e. The average Bonchev–Trinajstić information content (AvgIpc) is 2.61. The highest BCUT2D eigenvalue weighted by molar-refractivity contribution is 5.86. The van der Waals surface area contributed by atoms with E-state index in [0.29, 0.717) is 5.82 Å². The predicted octanol–water partition coefficient (Wildman–Crippen LogP) is 0.935. The molecular weight excluding hydrogens is 218 g/mol. The summed E-state index contributed by atoms with van der Waals surface area (Å²) in [6, 6.07) is 0. The molecule has 0 aromatic carbocycles. The second-order valence-electron chi connectivity index (χ2n) is 4.75. The van der Waals surface area contributed by atoms with Gasteiger partial charge in [-0.05, 0) is 20.8 Å². The van der Waals surface area contributed by atoms with Crippen LogP contribution in [-0.4, -0.2) is 36.5 Å². The molecule has 0 spiro atoms. The summed E-state index contributed by atoms with van der Waals surface area (Å²) in [6.45, 7) is 5.58. The standard InChI is InChI=1S/C11H17N5O/c1-7(17)11(2,3)15-9-8-5-14-16(4)10(8)13-6-12-9/h5-7,17H,1-4H3,(H,12,13,15). The Kier molecular flexibility index (Phi) is 2.74. The summed E-state index contributed by atoms with van der Waals surface area (Å²) >= 11 is 0. The van der Waals surface area contributed by atoms with Gasteiger partial charge in [0.15, 0.2) is 5.65 Å². The lowest BCUT2D eigenvalue weighted by Crippen LogP contribution is -2.42. The molecule has 0 saturated heterocycles. The highest BCUT2D eigenvalue weighted by atomic mass is 16.3. The summed E-state index contributed by atoms with van der Waals surface area (Å²) in [5.74, 6) is 0.689. The first-order chi connectivity index (χ1) is 7.92. The van der Waals surface area contributed by atoms with Crippen LogP contribution in [0.25, 0.3) is 11.0 Å². The number of aliphatic hydroxyl groups is 1. The SMILES string of the molecule is CC(O)C(C)(C)Nc1ncnc2c1cnn2C. The van der Waals surface area contributed by atoms with E-state index in [1.807, 2.05) is 20.9 Å². The number of rotatable bonds is 3. The molecule has 17 heavy (non-hydrogen) atoms. The molecule has 2 N–H and O–H groups in total. The molecule has 0 aliphatic rings.